The molecule has 0 radical (unpaired) electrons. The normalized spacial score (nSPS) is 26.3. The summed E-state index contributed by atoms with van der Waals surface area (Å²) in [5.74, 6) is -0.0486. The second-order valence-electron chi connectivity index (χ2n) is 9.91. The van der Waals surface area contributed by atoms with Crippen LogP contribution in [0.15, 0.2) is 30.6 Å². The number of nitrogens with zero attached hydrogens (tertiary/aromatic N) is 4. The molecule has 1 aliphatic carbocycles. The van der Waals surface area contributed by atoms with Crippen LogP contribution in [0.1, 0.15) is 47.1 Å². The number of hydrogen-bond donors (Lipinski definition) is 0. The first-order valence-electron chi connectivity index (χ1n) is 11.2. The van der Waals surface area contributed by atoms with Crippen LogP contribution < -0.4 is 9.80 Å². The SMILES string of the molecule is CC(=O)N1c2ccc(-c3cnn(C4COC4)c3)cc2N(C(=O)OC2CC2(C)C)C(C)[C@@H]1C. The van der Waals surface area contributed by atoms with E-state index in [2.05, 4.69) is 18.9 Å². The fraction of sp³-hybridized carbons (Fsp3) is 0.542. The molecule has 3 atom stereocenters. The largest absolute Gasteiger partial charge is 0.445 e. The molecule has 2 aliphatic heterocycles. The number of anilines is 2. The van der Waals surface area contributed by atoms with E-state index in [9.17, 15) is 9.59 Å². The number of aromatic nitrogens is 2. The predicted molar refractivity (Wildman–Crippen MR) is 121 cm³/mol. The average molecular weight is 439 g/mol. The zero-order valence-corrected chi connectivity index (χ0v) is 19.2. The van der Waals surface area contributed by atoms with E-state index >= 15 is 0 Å². The third-order valence-corrected chi connectivity index (χ3v) is 7.14. The number of ether oxygens (including phenoxy) is 2. The summed E-state index contributed by atoms with van der Waals surface area (Å²) in [4.78, 5) is 29.3. The maximum atomic E-state index is 13.3. The molecule has 2 fully saturated rings. The molecule has 3 heterocycles. The van der Waals surface area contributed by atoms with E-state index in [0.29, 0.717) is 18.9 Å². The lowest BCUT2D eigenvalue weighted by Gasteiger charge is -2.45. The van der Waals surface area contributed by atoms with Gasteiger partial charge in [0.2, 0.25) is 5.91 Å². The van der Waals surface area contributed by atoms with E-state index in [1.54, 1.807) is 16.7 Å². The molecule has 3 aliphatic rings. The van der Waals surface area contributed by atoms with Crippen LogP contribution in [0.5, 0.6) is 0 Å². The molecular weight excluding hydrogens is 408 g/mol. The molecule has 2 aromatic rings. The Hall–Kier alpha value is -2.87. The van der Waals surface area contributed by atoms with E-state index in [4.69, 9.17) is 9.47 Å². The molecule has 0 spiro atoms. The van der Waals surface area contributed by atoms with Crippen molar-refractivity contribution < 1.29 is 19.1 Å². The van der Waals surface area contributed by atoms with Gasteiger partial charge in [-0.05, 0) is 38.0 Å². The Morgan fingerprint density at radius 3 is 2.38 bits per heavy atom. The van der Waals surface area contributed by atoms with Crippen LogP contribution in [0.2, 0.25) is 0 Å². The van der Waals surface area contributed by atoms with Crippen LogP contribution >= 0.6 is 0 Å². The van der Waals surface area contributed by atoms with Crippen molar-refractivity contribution >= 4 is 23.4 Å². The molecule has 1 saturated carbocycles. The van der Waals surface area contributed by atoms with Crippen molar-refractivity contribution in [3.05, 3.63) is 30.6 Å². The Morgan fingerprint density at radius 1 is 1.09 bits per heavy atom. The van der Waals surface area contributed by atoms with Gasteiger partial charge in [-0.15, -0.1) is 0 Å². The van der Waals surface area contributed by atoms with Gasteiger partial charge in [-0.1, -0.05) is 19.9 Å². The summed E-state index contributed by atoms with van der Waals surface area (Å²) < 4.78 is 13.0. The lowest BCUT2D eigenvalue weighted by molar-refractivity contribution is -0.117. The molecule has 8 heteroatoms. The number of amides is 2. The van der Waals surface area contributed by atoms with Gasteiger partial charge in [0.15, 0.2) is 0 Å². The molecule has 8 nitrogen and oxygen atoms in total. The molecule has 2 amide bonds. The Morgan fingerprint density at radius 2 is 1.78 bits per heavy atom. The molecule has 2 unspecified atom stereocenters. The zero-order chi connectivity index (χ0) is 22.8. The van der Waals surface area contributed by atoms with Gasteiger partial charge in [0.25, 0.3) is 0 Å². The molecule has 32 heavy (non-hydrogen) atoms. The highest BCUT2D eigenvalue weighted by Crippen LogP contribution is 2.48. The summed E-state index contributed by atoms with van der Waals surface area (Å²) in [7, 11) is 0. The fourth-order valence-corrected chi connectivity index (χ4v) is 4.55. The minimum atomic E-state index is -0.358. The lowest BCUT2D eigenvalue weighted by Crippen LogP contribution is -2.57. The van der Waals surface area contributed by atoms with Gasteiger partial charge in [0.05, 0.1) is 48.9 Å². The molecule has 0 N–H and O–H groups in total. The number of benzene rings is 1. The van der Waals surface area contributed by atoms with Crippen LogP contribution in [0.3, 0.4) is 0 Å². The summed E-state index contributed by atoms with van der Waals surface area (Å²) in [5.41, 5.74) is 3.32. The summed E-state index contributed by atoms with van der Waals surface area (Å²) in [6.45, 7) is 11.0. The third-order valence-electron chi connectivity index (χ3n) is 7.14. The third kappa shape index (κ3) is 3.37. The predicted octanol–water partition coefficient (Wildman–Crippen LogP) is 4.01. The van der Waals surface area contributed by atoms with Crippen LogP contribution in [0, 0.1) is 5.41 Å². The van der Waals surface area contributed by atoms with Gasteiger partial charge in [0, 0.05) is 24.1 Å². The summed E-state index contributed by atoms with van der Waals surface area (Å²) in [6, 6.07) is 5.72. The summed E-state index contributed by atoms with van der Waals surface area (Å²) in [5, 5.41) is 4.48. The van der Waals surface area contributed by atoms with Gasteiger partial charge in [-0.25, -0.2) is 4.79 Å². The minimum Gasteiger partial charge on any atom is -0.445 e. The van der Waals surface area contributed by atoms with E-state index in [1.165, 1.54) is 0 Å². The highest BCUT2D eigenvalue weighted by Gasteiger charge is 2.51. The molecule has 1 aromatic carbocycles. The second-order valence-corrected chi connectivity index (χ2v) is 9.91. The van der Waals surface area contributed by atoms with Crippen molar-refractivity contribution in [1.82, 2.24) is 9.78 Å². The van der Waals surface area contributed by atoms with Crippen molar-refractivity contribution in [2.45, 2.75) is 65.3 Å². The van der Waals surface area contributed by atoms with Gasteiger partial charge in [0.1, 0.15) is 6.10 Å². The molecule has 1 saturated heterocycles. The quantitative estimate of drug-likeness (QED) is 0.724. The van der Waals surface area contributed by atoms with Crippen molar-refractivity contribution in [2.75, 3.05) is 23.0 Å². The highest BCUT2D eigenvalue weighted by atomic mass is 16.6. The monoisotopic (exact) mass is 438 g/mol. The number of fused-ring (bicyclic) bond motifs is 1. The first kappa shape index (κ1) is 21.0. The summed E-state index contributed by atoms with van der Waals surface area (Å²) >= 11 is 0. The molecule has 1 aromatic heterocycles. The molecule has 5 rings (SSSR count). The molecule has 0 bridgehead atoms. The lowest BCUT2D eigenvalue weighted by atomic mass is 9.98. The van der Waals surface area contributed by atoms with Crippen molar-refractivity contribution in [3.8, 4) is 11.1 Å². The minimum absolute atomic E-state index is 0.0240. The number of carbonyl (C=O) groups is 2. The van der Waals surface area contributed by atoms with Crippen LogP contribution in [-0.4, -0.2) is 53.2 Å². The maximum Gasteiger partial charge on any atom is 0.414 e. The van der Waals surface area contributed by atoms with Crippen molar-refractivity contribution in [1.29, 1.82) is 0 Å². The van der Waals surface area contributed by atoms with Crippen LogP contribution in [-0.2, 0) is 14.3 Å². The number of hydrogen-bond acceptors (Lipinski definition) is 5. The maximum absolute atomic E-state index is 13.3. The van der Waals surface area contributed by atoms with E-state index in [1.807, 2.05) is 49.1 Å². The topological polar surface area (TPSA) is 76.9 Å². The standard InChI is InChI=1S/C24H30N4O4/c1-14-15(2)28(23(30)32-22-9-24(22,4)5)21-8-17(6-7-20(21)27(14)16(3)29)18-10-25-26(11-18)19-12-31-13-19/h6-8,10-11,14-15,19,22H,9,12-13H2,1-5H3/t14-,15?,22?/m0/s1. The number of carbonyl (C=O) groups excluding carboxylic acids is 2. The zero-order valence-electron chi connectivity index (χ0n) is 19.2. The molecule has 170 valence electrons. The summed E-state index contributed by atoms with van der Waals surface area (Å²) in [6.07, 6.45) is 4.27. The van der Waals surface area contributed by atoms with Gasteiger partial charge >= 0.3 is 6.09 Å². The first-order valence-corrected chi connectivity index (χ1v) is 11.2. The smallest absolute Gasteiger partial charge is 0.414 e. The molecular formula is C24H30N4O4. The average Bonchev–Trinajstić information content (AvgIpc) is 3.07. The van der Waals surface area contributed by atoms with Crippen LogP contribution in [0.25, 0.3) is 11.1 Å². The Balaban J connectivity index is 1.53. The first-order chi connectivity index (χ1) is 15.2. The van der Waals surface area contributed by atoms with E-state index in [0.717, 1.165) is 23.2 Å². The van der Waals surface area contributed by atoms with Gasteiger partial charge in [-0.2, -0.15) is 5.10 Å². The number of rotatable bonds is 3. The second kappa shape index (κ2) is 7.33. The highest BCUT2D eigenvalue weighted by molar-refractivity contribution is 6.03. The Bertz CT molecular complexity index is 1070. The Kier molecular flexibility index (Phi) is 4.81. The Labute approximate surface area is 188 Å². The fourth-order valence-electron chi connectivity index (χ4n) is 4.55. The van der Waals surface area contributed by atoms with E-state index in [-0.39, 0.29) is 41.6 Å². The van der Waals surface area contributed by atoms with Crippen molar-refractivity contribution in [2.24, 2.45) is 5.41 Å². The van der Waals surface area contributed by atoms with Gasteiger partial charge < -0.3 is 14.4 Å². The van der Waals surface area contributed by atoms with Gasteiger partial charge in [-0.3, -0.25) is 14.4 Å². The van der Waals surface area contributed by atoms with E-state index < -0.39 is 0 Å². The van der Waals surface area contributed by atoms with Crippen molar-refractivity contribution in [3.63, 3.8) is 0 Å². The van der Waals surface area contributed by atoms with Crippen LogP contribution in [0.4, 0.5) is 16.2 Å².